The maximum atomic E-state index is 11.7. The van der Waals surface area contributed by atoms with Gasteiger partial charge in [-0.15, -0.1) is 11.3 Å². The van der Waals surface area contributed by atoms with Crippen molar-refractivity contribution in [2.75, 3.05) is 0 Å². The molecule has 0 atom stereocenters. The fourth-order valence-electron chi connectivity index (χ4n) is 1.66. The Hall–Kier alpha value is -0.960. The third kappa shape index (κ3) is 2.10. The summed E-state index contributed by atoms with van der Waals surface area (Å²) in [4.78, 5) is 16.0. The molecule has 0 bridgehead atoms. The highest BCUT2D eigenvalue weighted by molar-refractivity contribution is 7.09. The Labute approximate surface area is 87.7 Å². The van der Waals surface area contributed by atoms with E-state index in [1.807, 2.05) is 12.3 Å². The summed E-state index contributed by atoms with van der Waals surface area (Å²) in [6, 6.07) is 0. The lowest BCUT2D eigenvalue weighted by molar-refractivity contribution is -0.115. The van der Waals surface area contributed by atoms with Crippen LogP contribution in [0.3, 0.4) is 0 Å². The molecule has 0 amide bonds. The van der Waals surface area contributed by atoms with Gasteiger partial charge in [-0.2, -0.15) is 0 Å². The number of rotatable bonds is 3. The highest BCUT2D eigenvalue weighted by atomic mass is 32.1. The van der Waals surface area contributed by atoms with Crippen LogP contribution in [0.5, 0.6) is 0 Å². The predicted molar refractivity (Wildman–Crippen MR) is 57.5 cm³/mol. The highest BCUT2D eigenvalue weighted by Gasteiger charge is 2.14. The van der Waals surface area contributed by atoms with Gasteiger partial charge in [0, 0.05) is 11.1 Å². The number of carbonyl (C=O) groups is 1. The smallest absolute Gasteiger partial charge is 0.165 e. The van der Waals surface area contributed by atoms with E-state index in [9.17, 15) is 4.79 Å². The van der Waals surface area contributed by atoms with Gasteiger partial charge in [0.1, 0.15) is 5.01 Å². The molecule has 0 saturated carbocycles. The van der Waals surface area contributed by atoms with Crippen LogP contribution in [-0.4, -0.2) is 10.8 Å². The van der Waals surface area contributed by atoms with Crippen LogP contribution in [0.1, 0.15) is 30.0 Å². The summed E-state index contributed by atoms with van der Waals surface area (Å²) in [5, 5.41) is 2.94. The molecular weight excluding hydrogens is 194 g/mol. The van der Waals surface area contributed by atoms with Crippen LogP contribution >= 0.6 is 11.3 Å². The van der Waals surface area contributed by atoms with Crippen LogP contribution in [0.15, 0.2) is 17.0 Å². The van der Waals surface area contributed by atoms with E-state index in [1.54, 1.807) is 11.3 Å². The molecule has 14 heavy (non-hydrogen) atoms. The van der Waals surface area contributed by atoms with Crippen molar-refractivity contribution < 1.29 is 4.79 Å². The van der Waals surface area contributed by atoms with Crippen molar-refractivity contribution >= 4 is 17.1 Å². The average Bonchev–Trinajstić information content (AvgIpc) is 2.75. The summed E-state index contributed by atoms with van der Waals surface area (Å²) in [5.41, 5.74) is 2.02. The van der Waals surface area contributed by atoms with Crippen LogP contribution < -0.4 is 0 Å². The van der Waals surface area contributed by atoms with Crippen LogP contribution in [-0.2, 0) is 11.2 Å². The molecule has 0 saturated heterocycles. The van der Waals surface area contributed by atoms with Crippen molar-refractivity contribution in [1.82, 2.24) is 4.98 Å². The molecule has 0 N–H and O–H groups in total. The molecule has 2 rings (SSSR count). The SMILES string of the molecule is Cc1csc(CC(=O)C2=CCCC2)n1. The number of aromatic nitrogens is 1. The molecule has 0 unspecified atom stereocenters. The van der Waals surface area contributed by atoms with Crippen molar-refractivity contribution in [3.63, 3.8) is 0 Å². The van der Waals surface area contributed by atoms with Gasteiger partial charge in [-0.25, -0.2) is 4.98 Å². The Morgan fingerprint density at radius 3 is 3.07 bits per heavy atom. The zero-order valence-corrected chi connectivity index (χ0v) is 9.06. The van der Waals surface area contributed by atoms with Crippen molar-refractivity contribution in [3.8, 4) is 0 Å². The highest BCUT2D eigenvalue weighted by Crippen LogP contribution is 2.20. The number of thiazole rings is 1. The third-order valence-electron chi connectivity index (χ3n) is 2.38. The first kappa shape index (κ1) is 9.59. The van der Waals surface area contributed by atoms with E-state index < -0.39 is 0 Å². The molecule has 1 heterocycles. The predicted octanol–water partition coefficient (Wildman–Crippen LogP) is 2.67. The van der Waals surface area contributed by atoms with Gasteiger partial charge in [0.2, 0.25) is 0 Å². The Bertz CT molecular complexity index is 378. The Morgan fingerprint density at radius 2 is 2.50 bits per heavy atom. The molecule has 1 aromatic heterocycles. The minimum absolute atomic E-state index is 0.261. The van der Waals surface area contributed by atoms with E-state index >= 15 is 0 Å². The molecule has 0 spiro atoms. The molecule has 2 nitrogen and oxygen atoms in total. The Kier molecular flexibility index (Phi) is 2.77. The van der Waals surface area contributed by atoms with Gasteiger partial charge in [0.05, 0.1) is 6.42 Å². The lowest BCUT2D eigenvalue weighted by atomic mass is 10.1. The largest absolute Gasteiger partial charge is 0.294 e. The summed E-state index contributed by atoms with van der Waals surface area (Å²) < 4.78 is 0. The normalized spacial score (nSPS) is 15.6. The first-order chi connectivity index (χ1) is 6.75. The second-order valence-electron chi connectivity index (χ2n) is 3.60. The number of hydrogen-bond donors (Lipinski definition) is 0. The minimum Gasteiger partial charge on any atom is -0.294 e. The molecular formula is C11H13NOS. The number of allylic oxidation sites excluding steroid dienone is 2. The number of aryl methyl sites for hydroxylation is 1. The third-order valence-corrected chi connectivity index (χ3v) is 3.34. The lowest BCUT2D eigenvalue weighted by Crippen LogP contribution is -2.04. The number of carbonyl (C=O) groups excluding carboxylic acids is 1. The zero-order valence-electron chi connectivity index (χ0n) is 8.25. The fraction of sp³-hybridized carbons (Fsp3) is 0.455. The van der Waals surface area contributed by atoms with Gasteiger partial charge < -0.3 is 0 Å². The number of ketones is 1. The number of hydrogen-bond acceptors (Lipinski definition) is 3. The Morgan fingerprint density at radius 1 is 1.64 bits per heavy atom. The molecule has 0 radical (unpaired) electrons. The molecule has 1 aliphatic rings. The van der Waals surface area contributed by atoms with E-state index in [1.165, 1.54) is 0 Å². The van der Waals surface area contributed by atoms with Crippen molar-refractivity contribution in [2.45, 2.75) is 32.6 Å². The van der Waals surface area contributed by atoms with E-state index in [0.29, 0.717) is 6.42 Å². The van der Waals surface area contributed by atoms with Crippen LogP contribution in [0, 0.1) is 6.92 Å². The second kappa shape index (κ2) is 4.05. The molecule has 74 valence electrons. The summed E-state index contributed by atoms with van der Waals surface area (Å²) in [5.74, 6) is 0.261. The van der Waals surface area contributed by atoms with Crippen LogP contribution in [0.4, 0.5) is 0 Å². The molecule has 1 aromatic rings. The molecule has 0 aliphatic heterocycles. The molecule has 0 aromatic carbocycles. The van der Waals surface area contributed by atoms with Crippen molar-refractivity contribution in [2.24, 2.45) is 0 Å². The van der Waals surface area contributed by atoms with Gasteiger partial charge in [-0.1, -0.05) is 6.08 Å². The first-order valence-corrected chi connectivity index (χ1v) is 5.77. The summed E-state index contributed by atoms with van der Waals surface area (Å²) in [6.07, 6.45) is 5.73. The van der Waals surface area contributed by atoms with Crippen LogP contribution in [0.2, 0.25) is 0 Å². The molecule has 0 fully saturated rings. The Balaban J connectivity index is 2.01. The summed E-state index contributed by atoms with van der Waals surface area (Å²) >= 11 is 1.58. The number of Topliss-reactive ketones (excluding diaryl/α,β-unsaturated/α-hetero) is 1. The van der Waals surface area contributed by atoms with E-state index in [0.717, 1.165) is 35.5 Å². The van der Waals surface area contributed by atoms with Crippen molar-refractivity contribution in [3.05, 3.63) is 27.7 Å². The topological polar surface area (TPSA) is 30.0 Å². The van der Waals surface area contributed by atoms with Gasteiger partial charge in [-0.05, 0) is 31.8 Å². The molecule has 3 heteroatoms. The van der Waals surface area contributed by atoms with E-state index in [2.05, 4.69) is 11.1 Å². The van der Waals surface area contributed by atoms with Gasteiger partial charge in [-0.3, -0.25) is 4.79 Å². The standard InChI is InChI=1S/C11H13NOS/c1-8-7-14-11(12-8)6-10(13)9-4-2-3-5-9/h4,7H,2-3,5-6H2,1H3. The summed E-state index contributed by atoms with van der Waals surface area (Å²) in [7, 11) is 0. The molecule has 1 aliphatic carbocycles. The van der Waals surface area contributed by atoms with Crippen molar-refractivity contribution in [1.29, 1.82) is 0 Å². The van der Waals surface area contributed by atoms with Gasteiger partial charge in [0.25, 0.3) is 0 Å². The van der Waals surface area contributed by atoms with E-state index in [4.69, 9.17) is 0 Å². The fourth-order valence-corrected chi connectivity index (χ4v) is 2.43. The summed E-state index contributed by atoms with van der Waals surface area (Å²) in [6.45, 7) is 1.96. The quantitative estimate of drug-likeness (QED) is 0.762. The van der Waals surface area contributed by atoms with Crippen LogP contribution in [0.25, 0.3) is 0 Å². The monoisotopic (exact) mass is 207 g/mol. The maximum absolute atomic E-state index is 11.7. The lowest BCUT2D eigenvalue weighted by Gasteiger charge is -1.97. The maximum Gasteiger partial charge on any atom is 0.165 e. The second-order valence-corrected chi connectivity index (χ2v) is 4.55. The van der Waals surface area contributed by atoms with E-state index in [-0.39, 0.29) is 5.78 Å². The van der Waals surface area contributed by atoms with Gasteiger partial charge in [0.15, 0.2) is 5.78 Å². The minimum atomic E-state index is 0.261. The zero-order chi connectivity index (χ0) is 9.97. The van der Waals surface area contributed by atoms with Gasteiger partial charge >= 0.3 is 0 Å². The first-order valence-electron chi connectivity index (χ1n) is 4.89. The number of nitrogens with zero attached hydrogens (tertiary/aromatic N) is 1. The average molecular weight is 207 g/mol.